The zero-order valence-corrected chi connectivity index (χ0v) is 40.9. The molecule has 2 aromatic heterocycles. The smallest absolute Gasteiger partial charge is 0.343 e. The predicted molar refractivity (Wildman–Crippen MR) is 260 cm³/mol. The summed E-state index contributed by atoms with van der Waals surface area (Å²) in [5, 5.41) is 22.2. The van der Waals surface area contributed by atoms with Crippen molar-refractivity contribution in [3.8, 4) is 11.4 Å². The predicted octanol–water partition coefficient (Wildman–Crippen LogP) is 1.17. The van der Waals surface area contributed by atoms with E-state index in [2.05, 4.69) is 21.3 Å². The van der Waals surface area contributed by atoms with Crippen molar-refractivity contribution in [1.82, 2.24) is 35.7 Å². The quantitative estimate of drug-likeness (QED) is 0.0232. The molecule has 0 radical (unpaired) electrons. The Bertz CT molecular complexity index is 3020. The van der Waals surface area contributed by atoms with Gasteiger partial charge in [0.1, 0.15) is 25.2 Å². The number of rotatable bonds is 23. The standard InChI is InChI=1S/C52H57FN8O13/c1-3-52(71)34-21-38-47-32(25-61(38)50(69)33(34)26-74-51(52)70)46-39(13-12-31-28(2)35(53)22-36(59-47)45(31)46)73-18-17-72-27-57-41(63)23-56-49(68)37(19-29-9-5-4-6-10-29)58-42(64)24-55-40(62)20-30(48(54)67)11-7-8-16-60-43(65)14-15-44(60)66/h4-6,9-10,14-15,21-22,30,37,39,71H,3,7-8,11-13,16-20,23-27H2,1-2H3,(H2,54,67)(H,55,62)(H,56,68)(H,57,63)(H,58,64)/t30?,37-,39-,52-/m0/s1. The van der Waals surface area contributed by atoms with Gasteiger partial charge in [-0.15, -0.1) is 0 Å². The van der Waals surface area contributed by atoms with Crippen LogP contribution in [0.3, 0.4) is 0 Å². The average Bonchev–Trinajstić information content (AvgIpc) is 3.92. The normalized spacial score (nSPS) is 18.0. The van der Waals surface area contributed by atoms with Crippen LogP contribution in [0.1, 0.15) is 90.5 Å². The van der Waals surface area contributed by atoms with Crippen molar-refractivity contribution in [2.75, 3.05) is 39.6 Å². The van der Waals surface area contributed by atoms with Crippen molar-refractivity contribution in [1.29, 1.82) is 0 Å². The molecule has 0 saturated heterocycles. The van der Waals surface area contributed by atoms with E-state index in [1.165, 1.54) is 22.8 Å². The summed E-state index contributed by atoms with van der Waals surface area (Å²) >= 11 is 0. The lowest BCUT2D eigenvalue weighted by molar-refractivity contribution is -0.172. The molecule has 4 aromatic rings. The number of aryl methyl sites for hydroxylation is 1. The number of cyclic esters (lactones) is 1. The monoisotopic (exact) mass is 1020 g/mol. The molecule has 1 unspecified atom stereocenters. The molecule has 0 saturated carbocycles. The Morgan fingerprint density at radius 2 is 1.69 bits per heavy atom. The number of imide groups is 1. The molecule has 0 fully saturated rings. The van der Waals surface area contributed by atoms with Crippen LogP contribution in [-0.2, 0) is 84.2 Å². The number of hydrogen-bond acceptors (Lipinski definition) is 14. The number of nitrogens with two attached hydrogens (primary N) is 1. The number of aliphatic hydroxyl groups is 1. The van der Waals surface area contributed by atoms with Crippen LogP contribution >= 0.6 is 0 Å². The van der Waals surface area contributed by atoms with E-state index in [-0.39, 0.29) is 76.5 Å². The van der Waals surface area contributed by atoms with Crippen LogP contribution in [0, 0.1) is 18.7 Å². The van der Waals surface area contributed by atoms with Crippen LogP contribution in [0.4, 0.5) is 4.39 Å². The molecule has 4 atom stereocenters. The molecule has 390 valence electrons. The number of nitrogens with zero attached hydrogens (tertiary/aromatic N) is 3. The first kappa shape index (κ1) is 52.6. The minimum absolute atomic E-state index is 0.0233. The maximum atomic E-state index is 15.3. The van der Waals surface area contributed by atoms with E-state index in [0.29, 0.717) is 59.3 Å². The molecule has 0 spiro atoms. The van der Waals surface area contributed by atoms with Gasteiger partial charge in [0.05, 0.1) is 61.4 Å². The summed E-state index contributed by atoms with van der Waals surface area (Å²) in [6, 6.07) is 10.6. The molecule has 7 amide bonds. The lowest BCUT2D eigenvalue weighted by Gasteiger charge is -2.31. The van der Waals surface area contributed by atoms with Crippen molar-refractivity contribution in [3.05, 3.63) is 110 Å². The number of carbonyl (C=O) groups is 8. The SMILES string of the molecule is CC[C@@]1(O)C(=O)OCc2c1cc1n(c2=O)Cc2c-1nc1cc(F)c(C)c3c1c2[C@@H](OCCOCNC(=O)CNC(=O)[C@H](Cc1ccccc1)NC(=O)CNC(=O)CC(CCCCN1C(=O)C=CC1=O)C(N)=O)CC3. The first-order valence-electron chi connectivity index (χ1n) is 24.5. The Morgan fingerprint density at radius 3 is 2.42 bits per heavy atom. The number of carbonyl (C=O) groups excluding carboxylic acids is 8. The molecule has 0 bridgehead atoms. The van der Waals surface area contributed by atoms with E-state index in [9.17, 15) is 48.3 Å². The Labute approximate surface area is 423 Å². The second-order valence-electron chi connectivity index (χ2n) is 18.6. The maximum Gasteiger partial charge on any atom is 0.343 e. The fraction of sp³-hybridized carbons (Fsp3) is 0.423. The Balaban J connectivity index is 0.816. The lowest BCUT2D eigenvalue weighted by Crippen LogP contribution is -2.52. The molecule has 5 heterocycles. The van der Waals surface area contributed by atoms with Gasteiger partial charge in [-0.2, -0.15) is 0 Å². The number of nitrogens with one attached hydrogen (secondary N) is 4. The number of halogens is 1. The van der Waals surface area contributed by atoms with E-state index in [1.807, 2.05) is 0 Å². The summed E-state index contributed by atoms with van der Waals surface area (Å²) < 4.78 is 34.2. The second kappa shape index (κ2) is 22.6. The maximum absolute atomic E-state index is 15.3. The van der Waals surface area contributed by atoms with Gasteiger partial charge in [0, 0.05) is 60.0 Å². The van der Waals surface area contributed by atoms with Crippen LogP contribution in [0.5, 0.6) is 0 Å². The molecule has 3 aliphatic heterocycles. The number of unbranched alkanes of at least 4 members (excludes halogenated alkanes) is 1. The number of aromatic nitrogens is 2. The van der Waals surface area contributed by atoms with Crippen molar-refractivity contribution in [2.45, 2.75) is 96.1 Å². The van der Waals surface area contributed by atoms with Gasteiger partial charge in [-0.05, 0) is 67.3 Å². The van der Waals surface area contributed by atoms with Crippen molar-refractivity contribution in [3.63, 3.8) is 0 Å². The molecule has 22 heteroatoms. The molecule has 21 nitrogen and oxygen atoms in total. The van der Waals surface area contributed by atoms with E-state index < -0.39 is 95.5 Å². The third-order valence-corrected chi connectivity index (χ3v) is 14.0. The summed E-state index contributed by atoms with van der Waals surface area (Å²) in [5.74, 6) is -6.31. The average molecular weight is 1020 g/mol. The highest BCUT2D eigenvalue weighted by Crippen LogP contribution is 2.47. The van der Waals surface area contributed by atoms with Gasteiger partial charge in [-0.3, -0.25) is 43.3 Å². The topological polar surface area (TPSA) is 297 Å². The summed E-state index contributed by atoms with van der Waals surface area (Å²) in [4.78, 5) is 120. The molecule has 2 aromatic carbocycles. The number of hydrogen-bond donors (Lipinski definition) is 6. The molecule has 1 aliphatic carbocycles. The second-order valence-corrected chi connectivity index (χ2v) is 18.6. The van der Waals surface area contributed by atoms with Gasteiger partial charge in [-0.1, -0.05) is 43.7 Å². The van der Waals surface area contributed by atoms with E-state index in [1.54, 1.807) is 50.2 Å². The minimum atomic E-state index is -2.02. The molecular weight excluding hydrogens is 964 g/mol. The van der Waals surface area contributed by atoms with Crippen LogP contribution in [0.2, 0.25) is 0 Å². The summed E-state index contributed by atoms with van der Waals surface area (Å²) in [7, 11) is 0. The Hall–Kier alpha value is -7.69. The number of amides is 7. The molecule has 7 N–H and O–H groups in total. The van der Waals surface area contributed by atoms with E-state index >= 15 is 4.39 Å². The number of pyridine rings is 2. The highest BCUT2D eigenvalue weighted by Gasteiger charge is 2.46. The zero-order chi connectivity index (χ0) is 52.8. The summed E-state index contributed by atoms with van der Waals surface area (Å²) in [5.41, 5.74) is 8.04. The van der Waals surface area contributed by atoms with Crippen molar-refractivity contribution in [2.24, 2.45) is 11.7 Å². The number of fused-ring (bicyclic) bond motifs is 5. The molecular formula is C52H57FN8O13. The van der Waals surface area contributed by atoms with E-state index in [0.717, 1.165) is 21.4 Å². The van der Waals surface area contributed by atoms with Crippen molar-refractivity contribution >= 4 is 58.2 Å². The number of primary amides is 1. The first-order chi connectivity index (χ1) is 35.5. The van der Waals surface area contributed by atoms with Gasteiger partial charge in [0.25, 0.3) is 17.4 Å². The number of ether oxygens (including phenoxy) is 3. The number of esters is 1. The van der Waals surface area contributed by atoms with Crippen LogP contribution in [0.25, 0.3) is 22.3 Å². The van der Waals surface area contributed by atoms with Gasteiger partial charge < -0.3 is 50.9 Å². The highest BCUT2D eigenvalue weighted by atomic mass is 19.1. The largest absolute Gasteiger partial charge is 0.458 e. The van der Waals surface area contributed by atoms with Gasteiger partial charge >= 0.3 is 5.97 Å². The van der Waals surface area contributed by atoms with E-state index in [4.69, 9.17) is 24.9 Å². The number of benzene rings is 2. The van der Waals surface area contributed by atoms with Gasteiger partial charge in [0.15, 0.2) is 5.60 Å². The lowest BCUT2D eigenvalue weighted by atomic mass is 9.82. The minimum Gasteiger partial charge on any atom is -0.458 e. The Morgan fingerprint density at radius 1 is 0.946 bits per heavy atom. The van der Waals surface area contributed by atoms with Crippen LogP contribution in [-0.4, -0.2) is 112 Å². The van der Waals surface area contributed by atoms with Gasteiger partial charge in [-0.25, -0.2) is 14.2 Å². The zero-order valence-electron chi connectivity index (χ0n) is 40.9. The van der Waals surface area contributed by atoms with Crippen LogP contribution in [0.15, 0.2) is 59.4 Å². The fourth-order valence-electron chi connectivity index (χ4n) is 9.92. The van der Waals surface area contributed by atoms with Gasteiger partial charge in [0.2, 0.25) is 29.5 Å². The third kappa shape index (κ3) is 11.1. The molecule has 8 rings (SSSR count). The fourth-order valence-corrected chi connectivity index (χ4v) is 9.92. The summed E-state index contributed by atoms with van der Waals surface area (Å²) in [6.45, 7) is 2.21. The van der Waals surface area contributed by atoms with Crippen molar-refractivity contribution < 1.29 is 62.1 Å². The molecule has 74 heavy (non-hydrogen) atoms. The molecule has 4 aliphatic rings. The van der Waals surface area contributed by atoms with Crippen LogP contribution < -0.4 is 32.6 Å². The first-order valence-corrected chi connectivity index (χ1v) is 24.5. The highest BCUT2D eigenvalue weighted by molar-refractivity contribution is 6.12. The summed E-state index contributed by atoms with van der Waals surface area (Å²) in [6.07, 6.45) is 3.54. The Kier molecular flexibility index (Phi) is 16.1. The third-order valence-electron chi connectivity index (χ3n) is 14.0.